The van der Waals surface area contributed by atoms with E-state index >= 15 is 0 Å². The van der Waals surface area contributed by atoms with Crippen molar-refractivity contribution in [3.05, 3.63) is 78.4 Å². The highest BCUT2D eigenvalue weighted by Gasteiger charge is 2.35. The number of sulfonamides is 1. The Kier molecular flexibility index (Phi) is 11.8. The molecular weight excluding hydrogens is 570 g/mol. The van der Waals surface area contributed by atoms with Crippen LogP contribution >= 0.6 is 0 Å². The summed E-state index contributed by atoms with van der Waals surface area (Å²) in [6.07, 6.45) is 1.03. The molecule has 0 saturated heterocycles. The Morgan fingerprint density at radius 1 is 0.837 bits per heavy atom. The first-order chi connectivity index (χ1) is 20.6. The molecule has 0 spiro atoms. The summed E-state index contributed by atoms with van der Waals surface area (Å²) in [5.74, 6) is 0.386. The highest BCUT2D eigenvalue weighted by atomic mass is 32.2. The largest absolute Gasteiger partial charge is 0.497 e. The number of rotatable bonds is 15. The van der Waals surface area contributed by atoms with Crippen molar-refractivity contribution in [2.24, 2.45) is 0 Å². The maximum atomic E-state index is 14.3. The Bertz CT molecular complexity index is 1460. The zero-order valence-corrected chi connectivity index (χ0v) is 26.4. The molecule has 232 valence electrons. The molecular formula is C32H41N3O7S. The fourth-order valence-corrected chi connectivity index (χ4v) is 5.95. The average Bonchev–Trinajstić information content (AvgIpc) is 3.03. The van der Waals surface area contributed by atoms with Crippen LogP contribution in [0.1, 0.15) is 39.2 Å². The topological polar surface area (TPSA) is 114 Å². The summed E-state index contributed by atoms with van der Waals surface area (Å²) < 4.78 is 45.4. The van der Waals surface area contributed by atoms with Crippen molar-refractivity contribution >= 4 is 27.5 Å². The molecule has 0 aliphatic heterocycles. The van der Waals surface area contributed by atoms with E-state index in [9.17, 15) is 18.0 Å². The number of amides is 2. The molecule has 0 heterocycles. The molecule has 43 heavy (non-hydrogen) atoms. The molecule has 0 fully saturated rings. The summed E-state index contributed by atoms with van der Waals surface area (Å²) in [4.78, 5) is 29.2. The van der Waals surface area contributed by atoms with Crippen molar-refractivity contribution in [1.82, 2.24) is 10.2 Å². The van der Waals surface area contributed by atoms with Crippen LogP contribution in [0.4, 0.5) is 5.69 Å². The number of ether oxygens (including phenoxy) is 3. The minimum Gasteiger partial charge on any atom is -0.497 e. The van der Waals surface area contributed by atoms with E-state index in [1.807, 2.05) is 32.9 Å². The summed E-state index contributed by atoms with van der Waals surface area (Å²) in [7, 11) is 0.180. The van der Waals surface area contributed by atoms with Gasteiger partial charge in [-0.3, -0.25) is 13.9 Å². The monoisotopic (exact) mass is 611 g/mol. The molecule has 11 heteroatoms. The summed E-state index contributed by atoms with van der Waals surface area (Å²) >= 11 is 0. The maximum absolute atomic E-state index is 14.3. The Labute approximate surface area is 254 Å². The van der Waals surface area contributed by atoms with Gasteiger partial charge in [0.05, 0.1) is 31.9 Å². The molecule has 3 aromatic rings. The molecule has 0 unspecified atom stereocenters. The molecule has 2 amide bonds. The lowest BCUT2D eigenvalue weighted by atomic mass is 10.1. The molecule has 0 aromatic heterocycles. The molecule has 3 rings (SSSR count). The number of hydrogen-bond donors (Lipinski definition) is 1. The lowest BCUT2D eigenvalue weighted by Crippen LogP contribution is -2.53. The first-order valence-corrected chi connectivity index (χ1v) is 15.6. The molecule has 3 aromatic carbocycles. The van der Waals surface area contributed by atoms with Gasteiger partial charge in [-0.1, -0.05) is 44.2 Å². The highest BCUT2D eigenvalue weighted by molar-refractivity contribution is 7.92. The first-order valence-electron chi connectivity index (χ1n) is 14.1. The predicted molar refractivity (Wildman–Crippen MR) is 166 cm³/mol. The van der Waals surface area contributed by atoms with Crippen LogP contribution in [0.3, 0.4) is 0 Å². The number of methoxy groups -OCH3 is 3. The lowest BCUT2D eigenvalue weighted by molar-refractivity contribution is -0.140. The van der Waals surface area contributed by atoms with Crippen LogP contribution in [0.5, 0.6) is 17.2 Å². The second-order valence-electron chi connectivity index (χ2n) is 9.97. The van der Waals surface area contributed by atoms with Crippen molar-refractivity contribution in [3.63, 3.8) is 0 Å². The van der Waals surface area contributed by atoms with Gasteiger partial charge in [-0.15, -0.1) is 0 Å². The summed E-state index contributed by atoms with van der Waals surface area (Å²) in [5, 5.41) is 2.97. The van der Waals surface area contributed by atoms with E-state index in [4.69, 9.17) is 14.2 Å². The third-order valence-electron chi connectivity index (χ3n) is 7.16. The van der Waals surface area contributed by atoms with Crippen molar-refractivity contribution in [2.45, 2.75) is 57.1 Å². The Morgan fingerprint density at radius 3 is 2.02 bits per heavy atom. The van der Waals surface area contributed by atoms with Crippen LogP contribution in [0, 0.1) is 0 Å². The number of carbonyl (C=O) groups excluding carboxylic acids is 2. The third-order valence-corrected chi connectivity index (χ3v) is 8.94. The van der Waals surface area contributed by atoms with Crippen LogP contribution < -0.4 is 23.8 Å². The molecule has 2 atom stereocenters. The van der Waals surface area contributed by atoms with Crippen LogP contribution in [-0.2, 0) is 26.2 Å². The second kappa shape index (κ2) is 15.3. The molecule has 0 aliphatic carbocycles. The fourth-order valence-electron chi connectivity index (χ4n) is 4.51. The van der Waals surface area contributed by atoms with Gasteiger partial charge in [-0.05, 0) is 61.7 Å². The second-order valence-corrected chi connectivity index (χ2v) is 11.8. The van der Waals surface area contributed by atoms with Gasteiger partial charge in [0.25, 0.3) is 10.0 Å². The van der Waals surface area contributed by atoms with Gasteiger partial charge < -0.3 is 24.4 Å². The molecule has 0 bridgehead atoms. The third kappa shape index (κ3) is 8.19. The van der Waals surface area contributed by atoms with Crippen LogP contribution in [-0.4, -0.2) is 65.1 Å². The van der Waals surface area contributed by atoms with E-state index in [2.05, 4.69) is 5.32 Å². The smallest absolute Gasteiger partial charge is 0.264 e. The molecule has 0 aliphatic rings. The van der Waals surface area contributed by atoms with Gasteiger partial charge in [0.15, 0.2) is 0 Å². The minimum atomic E-state index is -4.26. The number of carbonyl (C=O) groups is 2. The van der Waals surface area contributed by atoms with E-state index in [1.54, 1.807) is 49.6 Å². The first kappa shape index (κ1) is 33.3. The Morgan fingerprint density at radius 2 is 1.47 bits per heavy atom. The molecule has 0 saturated carbocycles. The Balaban J connectivity index is 2.13. The zero-order chi connectivity index (χ0) is 31.6. The number of hydrogen-bond acceptors (Lipinski definition) is 7. The Hall–Kier alpha value is -4.25. The van der Waals surface area contributed by atoms with Crippen LogP contribution in [0.2, 0.25) is 0 Å². The van der Waals surface area contributed by atoms with Crippen molar-refractivity contribution in [3.8, 4) is 17.2 Å². The van der Waals surface area contributed by atoms with Crippen LogP contribution in [0.25, 0.3) is 0 Å². The van der Waals surface area contributed by atoms with E-state index in [1.165, 1.54) is 37.3 Å². The number of nitrogens with one attached hydrogen (secondary N) is 1. The number of benzene rings is 3. The van der Waals surface area contributed by atoms with Crippen LogP contribution in [0.15, 0.2) is 77.7 Å². The van der Waals surface area contributed by atoms with Gasteiger partial charge in [0.2, 0.25) is 11.8 Å². The van der Waals surface area contributed by atoms with E-state index < -0.39 is 28.5 Å². The SMILES string of the molecule is CC[C@@H](C)NC(=O)[C@H](CC)N(Cc1ccc(OC)cc1)C(=O)CN(c1cc(OC)ccc1OC)S(=O)(=O)c1ccccc1. The standard InChI is InChI=1S/C32H41N3O7S/c1-7-23(3)33-32(37)28(8-2)34(21-24-14-16-25(40-4)17-15-24)31(36)22-35(43(38,39)27-12-10-9-11-13-27)29-20-26(41-5)18-19-30(29)42-6/h9-20,23,28H,7-8,21-22H2,1-6H3,(H,33,37)/t23-,28+/m1/s1. The number of anilines is 1. The molecule has 1 N–H and O–H groups in total. The fraction of sp³-hybridized carbons (Fsp3) is 0.375. The van der Waals surface area contributed by atoms with E-state index in [0.29, 0.717) is 24.3 Å². The van der Waals surface area contributed by atoms with Gasteiger partial charge in [-0.2, -0.15) is 0 Å². The van der Waals surface area contributed by atoms with E-state index in [0.717, 1.165) is 9.87 Å². The molecule has 0 radical (unpaired) electrons. The van der Waals surface area contributed by atoms with Crippen molar-refractivity contribution in [1.29, 1.82) is 0 Å². The van der Waals surface area contributed by atoms with Crippen molar-refractivity contribution < 1.29 is 32.2 Å². The van der Waals surface area contributed by atoms with E-state index in [-0.39, 0.29) is 34.8 Å². The highest BCUT2D eigenvalue weighted by Crippen LogP contribution is 2.36. The normalized spacial score (nSPS) is 12.5. The summed E-state index contributed by atoms with van der Waals surface area (Å²) in [6, 6.07) is 18.8. The van der Waals surface area contributed by atoms with Crippen molar-refractivity contribution in [2.75, 3.05) is 32.2 Å². The zero-order valence-electron chi connectivity index (χ0n) is 25.6. The molecule has 10 nitrogen and oxygen atoms in total. The number of nitrogens with zero attached hydrogens (tertiary/aromatic N) is 2. The van der Waals surface area contributed by atoms with Gasteiger partial charge in [0.1, 0.15) is 29.8 Å². The summed E-state index contributed by atoms with van der Waals surface area (Å²) in [6.45, 7) is 5.15. The minimum absolute atomic E-state index is 0.00377. The van der Waals surface area contributed by atoms with Gasteiger partial charge >= 0.3 is 0 Å². The summed E-state index contributed by atoms with van der Waals surface area (Å²) in [5.41, 5.74) is 0.876. The average molecular weight is 612 g/mol. The lowest BCUT2D eigenvalue weighted by Gasteiger charge is -2.34. The van der Waals surface area contributed by atoms with Gasteiger partial charge in [0, 0.05) is 18.7 Å². The van der Waals surface area contributed by atoms with Gasteiger partial charge in [-0.25, -0.2) is 8.42 Å². The maximum Gasteiger partial charge on any atom is 0.264 e. The predicted octanol–water partition coefficient (Wildman–Crippen LogP) is 4.63. The quantitative estimate of drug-likeness (QED) is 0.267.